The maximum absolute atomic E-state index is 12.3. The lowest BCUT2D eigenvalue weighted by atomic mass is 9.99. The molecule has 11 nitrogen and oxygen atoms in total. The SMILES string of the molecule is [NH3+]OP(=O)(O[NH3+])O[C@@H]1[C@@H](Oc2ccc(-c3ccccc3)cc2)O[C@H](CO)[C@@H](O)[C@@H]1O. The second kappa shape index (κ2) is 9.94. The van der Waals surface area contributed by atoms with Gasteiger partial charge in [-0.2, -0.15) is 0 Å². The Hall–Kier alpha value is -1.89. The number of phosphoric acid groups is 1. The molecule has 1 heterocycles. The molecular weight excluding hydrogens is 419 g/mol. The number of benzene rings is 2. The molecule has 5 atom stereocenters. The van der Waals surface area contributed by atoms with Crippen molar-refractivity contribution in [1.82, 2.24) is 0 Å². The van der Waals surface area contributed by atoms with Gasteiger partial charge in [-0.1, -0.05) is 51.7 Å². The summed E-state index contributed by atoms with van der Waals surface area (Å²) in [6, 6.07) is 16.7. The smallest absolute Gasteiger partial charge is 0.462 e. The highest BCUT2D eigenvalue weighted by molar-refractivity contribution is 7.48. The van der Waals surface area contributed by atoms with Gasteiger partial charge in [0.15, 0.2) is 6.10 Å². The van der Waals surface area contributed by atoms with Gasteiger partial charge < -0.3 is 24.8 Å². The van der Waals surface area contributed by atoms with Crippen LogP contribution in [0.15, 0.2) is 54.6 Å². The van der Waals surface area contributed by atoms with Gasteiger partial charge in [0.2, 0.25) is 6.29 Å². The number of quaternary nitrogens is 2. The summed E-state index contributed by atoms with van der Waals surface area (Å²) < 4.78 is 37.6. The molecule has 3 rings (SSSR count). The second-order valence-electron chi connectivity index (χ2n) is 6.49. The van der Waals surface area contributed by atoms with Crippen molar-refractivity contribution in [3.05, 3.63) is 54.6 Å². The van der Waals surface area contributed by atoms with E-state index in [0.29, 0.717) is 5.75 Å². The van der Waals surface area contributed by atoms with Crippen LogP contribution < -0.4 is 16.5 Å². The van der Waals surface area contributed by atoms with E-state index in [4.69, 9.17) is 14.0 Å². The zero-order valence-electron chi connectivity index (χ0n) is 15.9. The molecule has 1 aliphatic heterocycles. The fourth-order valence-corrected chi connectivity index (χ4v) is 3.72. The molecule has 0 saturated carbocycles. The third-order valence-electron chi connectivity index (χ3n) is 4.61. The fraction of sp³-hybridized carbons (Fsp3) is 0.333. The van der Waals surface area contributed by atoms with Gasteiger partial charge in [-0.05, 0) is 23.3 Å². The van der Waals surface area contributed by atoms with Crippen LogP contribution in [-0.2, 0) is 23.1 Å². The first-order valence-electron chi connectivity index (χ1n) is 9.01. The largest absolute Gasteiger partial charge is 0.567 e. The topological polar surface area (TPSA) is 179 Å². The lowest BCUT2D eigenvalue weighted by Crippen LogP contribution is -2.62. The normalized spacial score (nSPS) is 27.0. The molecule has 0 bridgehead atoms. The van der Waals surface area contributed by atoms with Gasteiger partial charge in [-0.25, -0.2) is 16.4 Å². The van der Waals surface area contributed by atoms with Crippen LogP contribution in [0.25, 0.3) is 11.1 Å². The van der Waals surface area contributed by atoms with E-state index in [1.165, 1.54) is 0 Å². The van der Waals surface area contributed by atoms with Gasteiger partial charge in [0, 0.05) is 0 Å². The Kier molecular flexibility index (Phi) is 7.55. The summed E-state index contributed by atoms with van der Waals surface area (Å²) in [5, 5.41) is 30.0. The van der Waals surface area contributed by atoms with E-state index < -0.39 is 45.1 Å². The summed E-state index contributed by atoms with van der Waals surface area (Å²) >= 11 is 0. The van der Waals surface area contributed by atoms with Crippen LogP contribution in [0.2, 0.25) is 0 Å². The summed E-state index contributed by atoms with van der Waals surface area (Å²) in [6.45, 7) is -0.590. The van der Waals surface area contributed by atoms with Crippen LogP contribution in [0, 0.1) is 0 Å². The summed E-state index contributed by atoms with van der Waals surface area (Å²) in [5.74, 6) is 6.34. The number of aliphatic hydroxyl groups is 3. The van der Waals surface area contributed by atoms with Crippen LogP contribution in [0.3, 0.4) is 0 Å². The van der Waals surface area contributed by atoms with Crippen molar-refractivity contribution in [3.8, 4) is 16.9 Å². The standard InChI is InChI=1S/C18H25N2O9P/c19-28-30(24,29-20)27-17-16(23)15(22)14(10-21)26-18(17)25-13-8-6-12(7-9-13)11-4-2-1-3-5-11/h1-9,14-18,21-23H,10H2,19-20H3/q+2/t14-,15-,16+,17+,18+/m1/s1. The first-order valence-corrected chi connectivity index (χ1v) is 10.5. The molecule has 0 spiro atoms. The van der Waals surface area contributed by atoms with Crippen molar-refractivity contribution in [2.45, 2.75) is 30.7 Å². The third-order valence-corrected chi connectivity index (χ3v) is 5.74. The van der Waals surface area contributed by atoms with Crippen molar-refractivity contribution in [1.29, 1.82) is 0 Å². The van der Waals surface area contributed by atoms with Crippen molar-refractivity contribution < 1.29 is 54.9 Å². The highest BCUT2D eigenvalue weighted by Crippen LogP contribution is 2.48. The highest BCUT2D eigenvalue weighted by atomic mass is 31.2. The first kappa shape index (κ1) is 22.8. The molecule has 1 fully saturated rings. The van der Waals surface area contributed by atoms with Crippen LogP contribution >= 0.6 is 7.82 Å². The quantitative estimate of drug-likeness (QED) is 0.252. The van der Waals surface area contributed by atoms with Crippen LogP contribution in [0.5, 0.6) is 5.75 Å². The van der Waals surface area contributed by atoms with Crippen LogP contribution in [0.4, 0.5) is 0 Å². The molecule has 0 amide bonds. The zero-order valence-corrected chi connectivity index (χ0v) is 16.8. The number of aliphatic hydroxyl groups excluding tert-OH is 3. The Bertz CT molecular complexity index is 846. The predicted octanol–water partition coefficient (Wildman–Crippen LogP) is -0.988. The minimum atomic E-state index is -4.25. The lowest BCUT2D eigenvalue weighted by Gasteiger charge is -2.41. The third kappa shape index (κ3) is 5.05. The first-order chi connectivity index (χ1) is 14.4. The van der Waals surface area contributed by atoms with E-state index in [0.717, 1.165) is 11.1 Å². The monoisotopic (exact) mass is 444 g/mol. The summed E-state index contributed by atoms with van der Waals surface area (Å²) in [6.07, 6.45) is -7.19. The van der Waals surface area contributed by atoms with Crippen LogP contribution in [-0.4, -0.2) is 52.6 Å². The number of ether oxygens (including phenoxy) is 2. The maximum Gasteiger partial charge on any atom is 0.567 e. The Balaban J connectivity index is 1.81. The average Bonchev–Trinajstić information content (AvgIpc) is 2.79. The van der Waals surface area contributed by atoms with Crippen molar-refractivity contribution in [3.63, 3.8) is 0 Å². The average molecular weight is 444 g/mol. The Labute approximate surface area is 172 Å². The Morgan fingerprint density at radius 1 is 0.933 bits per heavy atom. The molecule has 12 heteroatoms. The van der Waals surface area contributed by atoms with Crippen molar-refractivity contribution >= 4 is 7.82 Å². The molecule has 2 aromatic rings. The Morgan fingerprint density at radius 3 is 2.10 bits per heavy atom. The molecule has 0 radical (unpaired) electrons. The molecule has 0 unspecified atom stereocenters. The number of hydrogen-bond donors (Lipinski definition) is 5. The van der Waals surface area contributed by atoms with Gasteiger partial charge in [0.25, 0.3) is 0 Å². The van der Waals surface area contributed by atoms with E-state index in [1.807, 2.05) is 42.5 Å². The van der Waals surface area contributed by atoms with Gasteiger partial charge >= 0.3 is 7.82 Å². The summed E-state index contributed by atoms with van der Waals surface area (Å²) in [4.78, 5) is 0. The number of hydrogen-bond acceptors (Lipinski definition) is 9. The maximum atomic E-state index is 12.3. The van der Waals surface area contributed by atoms with E-state index >= 15 is 0 Å². The molecule has 2 aromatic carbocycles. The van der Waals surface area contributed by atoms with Gasteiger partial charge in [-0.3, -0.25) is 4.52 Å². The molecular formula is C18H25N2O9P+2. The van der Waals surface area contributed by atoms with E-state index in [-0.39, 0.29) is 0 Å². The summed E-state index contributed by atoms with van der Waals surface area (Å²) in [7, 11) is -4.25. The second-order valence-corrected chi connectivity index (χ2v) is 8.11. The molecule has 1 saturated heterocycles. The van der Waals surface area contributed by atoms with Crippen molar-refractivity contribution in [2.24, 2.45) is 0 Å². The lowest BCUT2D eigenvalue weighted by molar-refractivity contribution is -0.684. The van der Waals surface area contributed by atoms with Gasteiger partial charge in [-0.15, -0.1) is 0 Å². The molecule has 0 aromatic heterocycles. The van der Waals surface area contributed by atoms with Gasteiger partial charge in [0.1, 0.15) is 24.1 Å². The van der Waals surface area contributed by atoms with E-state index in [1.54, 1.807) is 12.1 Å². The van der Waals surface area contributed by atoms with E-state index in [2.05, 4.69) is 21.0 Å². The Morgan fingerprint density at radius 2 is 1.53 bits per heavy atom. The minimum absolute atomic E-state index is 0.342. The molecule has 164 valence electrons. The molecule has 9 N–H and O–H groups in total. The number of rotatable bonds is 8. The van der Waals surface area contributed by atoms with Crippen molar-refractivity contribution in [2.75, 3.05) is 6.61 Å². The molecule has 1 aliphatic rings. The fourth-order valence-electron chi connectivity index (χ4n) is 3.00. The molecule has 30 heavy (non-hydrogen) atoms. The highest BCUT2D eigenvalue weighted by Gasteiger charge is 2.51. The zero-order chi connectivity index (χ0) is 21.7. The van der Waals surface area contributed by atoms with Crippen LogP contribution in [0.1, 0.15) is 0 Å². The summed E-state index contributed by atoms with van der Waals surface area (Å²) in [5.41, 5.74) is 1.96. The minimum Gasteiger partial charge on any atom is -0.462 e. The van der Waals surface area contributed by atoms with Gasteiger partial charge in [0.05, 0.1) is 6.61 Å². The predicted molar refractivity (Wildman–Crippen MR) is 101 cm³/mol. The van der Waals surface area contributed by atoms with E-state index in [9.17, 15) is 19.9 Å². The molecule has 0 aliphatic carbocycles.